The van der Waals surface area contributed by atoms with E-state index in [1.54, 1.807) is 59.2 Å². The predicted molar refractivity (Wildman–Crippen MR) is 134 cm³/mol. The van der Waals surface area contributed by atoms with Crippen LogP contribution in [0, 0.1) is 0 Å². The van der Waals surface area contributed by atoms with Crippen LogP contribution in [0.15, 0.2) is 95.0 Å². The first-order valence-electron chi connectivity index (χ1n) is 10.6. The average molecular weight is 507 g/mol. The molecule has 0 bridgehead atoms. The molecule has 1 heterocycles. The van der Waals surface area contributed by atoms with Crippen LogP contribution >= 0.6 is 11.8 Å². The number of carbonyl (C=O) groups is 2. The Hall–Kier alpha value is -3.76. The average Bonchev–Trinajstić information content (AvgIpc) is 3.25. The molecule has 35 heavy (non-hydrogen) atoms. The molecule has 0 spiro atoms. The van der Waals surface area contributed by atoms with Crippen molar-refractivity contribution in [3.8, 4) is 5.69 Å². The fourth-order valence-electron chi connectivity index (χ4n) is 3.36. The third-order valence-electron chi connectivity index (χ3n) is 5.00. The summed E-state index contributed by atoms with van der Waals surface area (Å²) < 4.78 is 27.6. The van der Waals surface area contributed by atoms with Gasteiger partial charge in [0.2, 0.25) is 5.91 Å². The lowest BCUT2D eigenvalue weighted by atomic mass is 10.1. The summed E-state index contributed by atoms with van der Waals surface area (Å²) >= 11 is 1.18. The van der Waals surface area contributed by atoms with Gasteiger partial charge in [0, 0.05) is 23.9 Å². The standard InChI is InChI=1S/C25H22N4O4S2/c1-18(30)26-20-14-12-19(13-15-20)23(31)16-34-25-28-27-24(29(25)21-8-4-2-5-9-21)17-35(32,33)22-10-6-3-7-11-22/h2-15H,16-17H2,1H3,(H,26,30). The molecule has 0 radical (unpaired) electrons. The first-order valence-corrected chi connectivity index (χ1v) is 13.3. The number of rotatable bonds is 9. The number of para-hydroxylation sites is 1. The Kier molecular flexibility index (Phi) is 7.42. The zero-order chi connectivity index (χ0) is 24.8. The van der Waals surface area contributed by atoms with Crippen molar-refractivity contribution in [3.63, 3.8) is 0 Å². The Morgan fingerprint density at radius 1 is 0.886 bits per heavy atom. The number of hydrogen-bond acceptors (Lipinski definition) is 7. The highest BCUT2D eigenvalue weighted by molar-refractivity contribution is 7.99. The molecule has 178 valence electrons. The van der Waals surface area contributed by atoms with Gasteiger partial charge in [-0.2, -0.15) is 0 Å². The lowest BCUT2D eigenvalue weighted by Gasteiger charge is -2.11. The number of nitrogens with one attached hydrogen (secondary N) is 1. The summed E-state index contributed by atoms with van der Waals surface area (Å²) in [5.74, 6) is -0.321. The van der Waals surface area contributed by atoms with Gasteiger partial charge in [0.15, 0.2) is 26.6 Å². The third kappa shape index (κ3) is 6.03. The highest BCUT2D eigenvalue weighted by atomic mass is 32.2. The van der Waals surface area contributed by atoms with Gasteiger partial charge in [0.1, 0.15) is 5.75 Å². The van der Waals surface area contributed by atoms with Gasteiger partial charge in [-0.1, -0.05) is 48.2 Å². The summed E-state index contributed by atoms with van der Waals surface area (Å²) in [7, 11) is -3.65. The Balaban J connectivity index is 1.57. The normalized spacial score (nSPS) is 11.2. The van der Waals surface area contributed by atoms with Crippen molar-refractivity contribution < 1.29 is 18.0 Å². The molecule has 1 N–H and O–H groups in total. The summed E-state index contributed by atoms with van der Waals surface area (Å²) in [5.41, 5.74) is 1.80. The molecule has 1 amide bonds. The first kappa shape index (κ1) is 24.4. The van der Waals surface area contributed by atoms with Crippen LogP contribution in [0.4, 0.5) is 5.69 Å². The Morgan fingerprint density at radius 3 is 2.14 bits per heavy atom. The van der Waals surface area contributed by atoms with Gasteiger partial charge in [0.05, 0.1) is 10.6 Å². The van der Waals surface area contributed by atoms with Crippen molar-refractivity contribution in [1.82, 2.24) is 14.8 Å². The Labute approximate surface area is 207 Å². The molecule has 0 aliphatic rings. The van der Waals surface area contributed by atoms with E-state index in [2.05, 4.69) is 15.5 Å². The van der Waals surface area contributed by atoms with Gasteiger partial charge >= 0.3 is 0 Å². The van der Waals surface area contributed by atoms with Crippen molar-refractivity contribution in [2.75, 3.05) is 11.1 Å². The summed E-state index contributed by atoms with van der Waals surface area (Å²) in [6.07, 6.45) is 0. The summed E-state index contributed by atoms with van der Waals surface area (Å²) in [6.45, 7) is 1.41. The van der Waals surface area contributed by atoms with Gasteiger partial charge < -0.3 is 5.32 Å². The molecule has 1 aromatic heterocycles. The molecule has 3 aromatic carbocycles. The maximum Gasteiger partial charge on any atom is 0.221 e. The number of Topliss-reactive ketones (excluding diaryl/α,β-unsaturated/α-hetero) is 1. The van der Waals surface area contributed by atoms with E-state index in [9.17, 15) is 18.0 Å². The molecular weight excluding hydrogens is 484 g/mol. The molecule has 4 aromatic rings. The second-order valence-electron chi connectivity index (χ2n) is 7.61. The van der Waals surface area contributed by atoms with Crippen LogP contribution < -0.4 is 5.32 Å². The van der Waals surface area contributed by atoms with Gasteiger partial charge in [-0.3, -0.25) is 14.2 Å². The lowest BCUT2D eigenvalue weighted by molar-refractivity contribution is -0.114. The highest BCUT2D eigenvalue weighted by Gasteiger charge is 2.23. The number of nitrogens with zero attached hydrogens (tertiary/aromatic N) is 3. The van der Waals surface area contributed by atoms with Crippen molar-refractivity contribution >= 4 is 39.0 Å². The van der Waals surface area contributed by atoms with E-state index >= 15 is 0 Å². The molecule has 10 heteroatoms. The van der Waals surface area contributed by atoms with Crippen LogP contribution in [0.2, 0.25) is 0 Å². The second kappa shape index (κ2) is 10.7. The maximum absolute atomic E-state index is 13.0. The maximum atomic E-state index is 13.0. The predicted octanol–water partition coefficient (Wildman–Crippen LogP) is 4.17. The molecule has 8 nitrogen and oxygen atoms in total. The lowest BCUT2D eigenvalue weighted by Crippen LogP contribution is -2.11. The van der Waals surface area contributed by atoms with Crippen molar-refractivity contribution in [2.24, 2.45) is 0 Å². The number of sulfone groups is 1. The van der Waals surface area contributed by atoms with Gasteiger partial charge in [-0.05, 0) is 48.5 Å². The van der Waals surface area contributed by atoms with Crippen molar-refractivity contribution in [1.29, 1.82) is 0 Å². The largest absolute Gasteiger partial charge is 0.326 e. The van der Waals surface area contributed by atoms with Crippen molar-refractivity contribution in [3.05, 3.63) is 96.3 Å². The molecular formula is C25H22N4O4S2. The molecule has 0 saturated carbocycles. The molecule has 0 fully saturated rings. The number of benzene rings is 3. The smallest absolute Gasteiger partial charge is 0.221 e. The zero-order valence-corrected chi connectivity index (χ0v) is 20.4. The van der Waals surface area contributed by atoms with E-state index in [4.69, 9.17) is 0 Å². The monoisotopic (exact) mass is 506 g/mol. The molecule has 0 aliphatic heterocycles. The van der Waals surface area contributed by atoms with Gasteiger partial charge in [0.25, 0.3) is 0 Å². The summed E-state index contributed by atoms with van der Waals surface area (Å²) in [5, 5.41) is 11.4. The minimum absolute atomic E-state index is 0.0793. The first-order chi connectivity index (χ1) is 16.8. The van der Waals surface area contributed by atoms with Crippen LogP contribution in [0.3, 0.4) is 0 Å². The van der Waals surface area contributed by atoms with E-state index in [0.29, 0.717) is 22.1 Å². The van der Waals surface area contributed by atoms with Crippen LogP contribution in [0.1, 0.15) is 23.1 Å². The van der Waals surface area contributed by atoms with E-state index in [1.165, 1.54) is 18.7 Å². The second-order valence-corrected chi connectivity index (χ2v) is 10.5. The highest BCUT2D eigenvalue weighted by Crippen LogP contribution is 2.25. The molecule has 0 saturated heterocycles. The molecule has 0 unspecified atom stereocenters. The minimum atomic E-state index is -3.65. The fraction of sp³-hybridized carbons (Fsp3) is 0.120. The van der Waals surface area contributed by atoms with Crippen LogP contribution in [0.25, 0.3) is 5.69 Å². The Bertz CT molecular complexity index is 1440. The topological polar surface area (TPSA) is 111 Å². The number of thioether (sulfide) groups is 1. The van der Waals surface area contributed by atoms with E-state index in [0.717, 1.165) is 0 Å². The van der Waals surface area contributed by atoms with E-state index in [-0.39, 0.29) is 33.9 Å². The number of ketones is 1. The van der Waals surface area contributed by atoms with Crippen LogP contribution in [-0.4, -0.2) is 40.6 Å². The number of amides is 1. The van der Waals surface area contributed by atoms with Gasteiger partial charge in [-0.15, -0.1) is 10.2 Å². The summed E-state index contributed by atoms with van der Waals surface area (Å²) in [4.78, 5) is 24.1. The fourth-order valence-corrected chi connectivity index (χ4v) is 5.49. The van der Waals surface area contributed by atoms with Gasteiger partial charge in [-0.25, -0.2) is 8.42 Å². The Morgan fingerprint density at radius 2 is 1.51 bits per heavy atom. The van der Waals surface area contributed by atoms with E-state index in [1.807, 2.05) is 30.3 Å². The summed E-state index contributed by atoms with van der Waals surface area (Å²) in [6, 6.07) is 24.0. The van der Waals surface area contributed by atoms with Crippen molar-refractivity contribution in [2.45, 2.75) is 22.7 Å². The number of hydrogen-bond donors (Lipinski definition) is 1. The molecule has 0 aliphatic carbocycles. The van der Waals surface area contributed by atoms with Crippen LogP contribution in [-0.2, 0) is 20.4 Å². The number of anilines is 1. The molecule has 4 rings (SSSR count). The van der Waals surface area contributed by atoms with E-state index < -0.39 is 9.84 Å². The number of aromatic nitrogens is 3. The molecule has 0 atom stereocenters. The quantitative estimate of drug-likeness (QED) is 0.268. The minimum Gasteiger partial charge on any atom is -0.326 e. The zero-order valence-electron chi connectivity index (χ0n) is 18.8. The number of carbonyl (C=O) groups excluding carboxylic acids is 2. The third-order valence-corrected chi connectivity index (χ3v) is 7.55. The SMILES string of the molecule is CC(=O)Nc1ccc(C(=O)CSc2nnc(CS(=O)(=O)c3ccccc3)n2-c2ccccc2)cc1. The van der Waals surface area contributed by atoms with Crippen LogP contribution in [0.5, 0.6) is 0 Å².